The number of rotatable bonds is 1. The van der Waals surface area contributed by atoms with Crippen molar-refractivity contribution in [2.45, 2.75) is 19.0 Å². The van der Waals surface area contributed by atoms with Crippen LogP contribution in [-0.2, 0) is 6.18 Å². The summed E-state index contributed by atoms with van der Waals surface area (Å²) >= 11 is 0. The molecule has 1 unspecified atom stereocenters. The van der Waals surface area contributed by atoms with E-state index in [9.17, 15) is 13.2 Å². The number of anilines is 1. The zero-order chi connectivity index (χ0) is 11.6. The minimum Gasteiger partial charge on any atom is -0.398 e. The Bertz CT molecular complexity index is 404. The highest BCUT2D eigenvalue weighted by Crippen LogP contribution is 2.32. The fourth-order valence-corrected chi connectivity index (χ4v) is 1.21. The van der Waals surface area contributed by atoms with Crippen LogP contribution in [0.2, 0.25) is 0 Å². The van der Waals surface area contributed by atoms with Crippen LogP contribution in [0.15, 0.2) is 18.2 Å². The van der Waals surface area contributed by atoms with Crippen molar-refractivity contribution < 1.29 is 13.2 Å². The summed E-state index contributed by atoms with van der Waals surface area (Å²) in [7, 11) is 0. The van der Waals surface area contributed by atoms with E-state index in [1.54, 1.807) is 6.92 Å². The summed E-state index contributed by atoms with van der Waals surface area (Å²) in [6.45, 7) is 1.58. The molecule has 1 atom stereocenters. The Kier molecular flexibility index (Phi) is 2.89. The van der Waals surface area contributed by atoms with Gasteiger partial charge in [-0.3, -0.25) is 0 Å². The summed E-state index contributed by atoms with van der Waals surface area (Å²) in [6.07, 6.45) is -4.40. The van der Waals surface area contributed by atoms with E-state index in [0.29, 0.717) is 5.56 Å². The maximum Gasteiger partial charge on any atom is 0.416 e. The molecule has 5 heteroatoms. The number of nitrogens with zero attached hydrogens (tertiary/aromatic N) is 1. The number of nitrogen functional groups attached to an aromatic ring is 1. The van der Waals surface area contributed by atoms with Gasteiger partial charge in [0.15, 0.2) is 0 Å². The van der Waals surface area contributed by atoms with Gasteiger partial charge in [0.05, 0.1) is 17.6 Å². The molecule has 0 aliphatic rings. The molecule has 1 aromatic rings. The summed E-state index contributed by atoms with van der Waals surface area (Å²) < 4.78 is 36.8. The molecule has 0 spiro atoms. The number of hydrogen-bond donors (Lipinski definition) is 1. The highest BCUT2D eigenvalue weighted by molar-refractivity contribution is 5.52. The summed E-state index contributed by atoms with van der Waals surface area (Å²) in [4.78, 5) is 0. The van der Waals surface area contributed by atoms with Crippen LogP contribution >= 0.6 is 0 Å². The van der Waals surface area contributed by atoms with Crippen molar-refractivity contribution >= 4 is 5.69 Å². The lowest BCUT2D eigenvalue weighted by Gasteiger charge is -2.11. The van der Waals surface area contributed by atoms with Gasteiger partial charge in [0.25, 0.3) is 0 Å². The third kappa shape index (κ3) is 2.40. The third-order valence-electron chi connectivity index (χ3n) is 2.07. The van der Waals surface area contributed by atoms with E-state index < -0.39 is 17.7 Å². The lowest BCUT2D eigenvalue weighted by atomic mass is 9.99. The second-order valence-electron chi connectivity index (χ2n) is 3.19. The molecule has 15 heavy (non-hydrogen) atoms. The van der Waals surface area contributed by atoms with Gasteiger partial charge in [-0.05, 0) is 24.6 Å². The van der Waals surface area contributed by atoms with Crippen LogP contribution in [0.5, 0.6) is 0 Å². The van der Waals surface area contributed by atoms with E-state index in [1.807, 2.05) is 6.07 Å². The van der Waals surface area contributed by atoms with Gasteiger partial charge in [-0.15, -0.1) is 0 Å². The predicted molar refractivity (Wildman–Crippen MR) is 49.9 cm³/mol. The van der Waals surface area contributed by atoms with Crippen molar-refractivity contribution in [1.29, 1.82) is 5.26 Å². The fourth-order valence-electron chi connectivity index (χ4n) is 1.21. The Balaban J connectivity index is 3.16. The van der Waals surface area contributed by atoms with Crippen LogP contribution in [0, 0.1) is 11.3 Å². The number of halogens is 3. The Morgan fingerprint density at radius 3 is 2.40 bits per heavy atom. The summed E-state index contributed by atoms with van der Waals surface area (Å²) in [6, 6.07) is 4.94. The maximum absolute atomic E-state index is 12.3. The topological polar surface area (TPSA) is 49.8 Å². The van der Waals surface area contributed by atoms with Crippen LogP contribution in [0.25, 0.3) is 0 Å². The van der Waals surface area contributed by atoms with Crippen LogP contribution in [0.1, 0.15) is 24.0 Å². The van der Waals surface area contributed by atoms with Gasteiger partial charge in [-0.25, -0.2) is 0 Å². The summed E-state index contributed by atoms with van der Waals surface area (Å²) in [5.74, 6) is -0.507. The molecular weight excluding hydrogens is 205 g/mol. The highest BCUT2D eigenvalue weighted by atomic mass is 19.4. The maximum atomic E-state index is 12.3. The normalized spacial score (nSPS) is 13.3. The van der Waals surface area contributed by atoms with Gasteiger partial charge in [-0.1, -0.05) is 6.07 Å². The molecule has 0 fully saturated rings. The lowest BCUT2D eigenvalue weighted by Crippen LogP contribution is -2.07. The first-order valence-corrected chi connectivity index (χ1v) is 4.22. The molecule has 0 saturated heterocycles. The molecule has 2 nitrogen and oxygen atoms in total. The van der Waals surface area contributed by atoms with E-state index in [4.69, 9.17) is 11.0 Å². The van der Waals surface area contributed by atoms with E-state index in [1.165, 1.54) is 6.07 Å². The monoisotopic (exact) mass is 214 g/mol. The molecule has 0 radical (unpaired) electrons. The van der Waals surface area contributed by atoms with Gasteiger partial charge in [0.1, 0.15) is 0 Å². The number of nitrogens with two attached hydrogens (primary N) is 1. The molecular formula is C10H9F3N2. The van der Waals surface area contributed by atoms with E-state index in [2.05, 4.69) is 0 Å². The zero-order valence-electron chi connectivity index (χ0n) is 7.97. The summed E-state index contributed by atoms with van der Waals surface area (Å²) in [5.41, 5.74) is 5.07. The molecule has 0 saturated carbocycles. The quantitative estimate of drug-likeness (QED) is 0.730. The number of benzene rings is 1. The average molecular weight is 214 g/mol. The van der Waals surface area contributed by atoms with Crippen LogP contribution in [-0.4, -0.2) is 0 Å². The predicted octanol–water partition coefficient (Wildman–Crippen LogP) is 2.91. The van der Waals surface area contributed by atoms with Crippen molar-refractivity contribution in [3.8, 4) is 6.07 Å². The standard InChI is InChI=1S/C10H9F3N2/c1-6(5-14)8-3-2-7(4-9(8)15)10(11,12)13/h2-4,6H,15H2,1H3. The molecule has 1 aromatic carbocycles. The molecule has 1 rings (SSSR count). The van der Waals surface area contributed by atoms with Crippen LogP contribution in [0.4, 0.5) is 18.9 Å². The highest BCUT2D eigenvalue weighted by Gasteiger charge is 2.31. The first-order chi connectivity index (χ1) is 6.86. The van der Waals surface area contributed by atoms with Gasteiger partial charge >= 0.3 is 6.18 Å². The Labute approximate surface area is 85.1 Å². The fraction of sp³-hybridized carbons (Fsp3) is 0.300. The number of alkyl halides is 3. The molecule has 0 aliphatic carbocycles. The van der Waals surface area contributed by atoms with Crippen molar-refractivity contribution in [1.82, 2.24) is 0 Å². The molecule has 80 valence electrons. The Morgan fingerprint density at radius 2 is 2.00 bits per heavy atom. The van der Waals surface area contributed by atoms with Crippen molar-refractivity contribution in [3.63, 3.8) is 0 Å². The molecule has 0 amide bonds. The van der Waals surface area contributed by atoms with Crippen molar-refractivity contribution in [2.24, 2.45) is 0 Å². The average Bonchev–Trinajstić information content (AvgIpc) is 2.15. The van der Waals surface area contributed by atoms with Gasteiger partial charge in [0, 0.05) is 5.69 Å². The second-order valence-corrected chi connectivity index (χ2v) is 3.19. The van der Waals surface area contributed by atoms with Crippen LogP contribution in [0.3, 0.4) is 0 Å². The lowest BCUT2D eigenvalue weighted by molar-refractivity contribution is -0.137. The minimum absolute atomic E-state index is 0.00104. The Morgan fingerprint density at radius 1 is 1.40 bits per heavy atom. The number of nitriles is 1. The molecule has 0 heterocycles. The summed E-state index contributed by atoms with van der Waals surface area (Å²) in [5, 5.41) is 8.61. The second kappa shape index (κ2) is 3.81. The van der Waals surface area contributed by atoms with Crippen molar-refractivity contribution in [3.05, 3.63) is 29.3 Å². The minimum atomic E-state index is -4.40. The van der Waals surface area contributed by atoms with Gasteiger partial charge in [-0.2, -0.15) is 18.4 Å². The van der Waals surface area contributed by atoms with Gasteiger partial charge < -0.3 is 5.73 Å². The Hall–Kier alpha value is -1.70. The van der Waals surface area contributed by atoms with E-state index in [-0.39, 0.29) is 5.69 Å². The van der Waals surface area contributed by atoms with Gasteiger partial charge in [0.2, 0.25) is 0 Å². The number of hydrogen-bond acceptors (Lipinski definition) is 2. The molecule has 0 aliphatic heterocycles. The molecule has 0 bridgehead atoms. The largest absolute Gasteiger partial charge is 0.416 e. The van der Waals surface area contributed by atoms with E-state index in [0.717, 1.165) is 12.1 Å². The van der Waals surface area contributed by atoms with Crippen LogP contribution < -0.4 is 5.73 Å². The zero-order valence-corrected chi connectivity index (χ0v) is 7.97. The van der Waals surface area contributed by atoms with E-state index >= 15 is 0 Å². The third-order valence-corrected chi connectivity index (χ3v) is 2.07. The molecule has 0 aromatic heterocycles. The van der Waals surface area contributed by atoms with Crippen molar-refractivity contribution in [2.75, 3.05) is 5.73 Å². The SMILES string of the molecule is CC(C#N)c1ccc(C(F)(F)F)cc1N. The first-order valence-electron chi connectivity index (χ1n) is 4.22. The first kappa shape index (κ1) is 11.4. The molecule has 2 N–H and O–H groups in total. The smallest absolute Gasteiger partial charge is 0.398 e.